The van der Waals surface area contributed by atoms with Crippen molar-refractivity contribution in [3.05, 3.63) is 36.4 Å². The first-order valence-corrected chi connectivity index (χ1v) is 4.52. The number of rotatable bonds is 2. The highest BCUT2D eigenvalue weighted by molar-refractivity contribution is 6.30. The molecule has 4 heteroatoms. The molecule has 0 aliphatic carbocycles. The molecule has 0 unspecified atom stereocenters. The van der Waals surface area contributed by atoms with E-state index >= 15 is 0 Å². The Balaban J connectivity index is 2.45. The van der Waals surface area contributed by atoms with Crippen LogP contribution in [0.5, 0.6) is 5.75 Å². The van der Waals surface area contributed by atoms with Crippen molar-refractivity contribution in [2.24, 2.45) is 0 Å². The summed E-state index contributed by atoms with van der Waals surface area (Å²) >= 11 is 0. The fourth-order valence-electron chi connectivity index (χ4n) is 1.51. The second-order valence-corrected chi connectivity index (χ2v) is 3.11. The third-order valence-electron chi connectivity index (χ3n) is 2.21. The van der Waals surface area contributed by atoms with Gasteiger partial charge in [0.1, 0.15) is 17.4 Å². The lowest BCUT2D eigenvalue weighted by atomic mass is 10.2. The Kier molecular flexibility index (Phi) is 2.25. The molecule has 1 aliphatic rings. The Morgan fingerprint density at radius 1 is 1.07 bits per heavy atom. The number of amidine groups is 2. The molecule has 0 atom stereocenters. The predicted octanol–water partition coefficient (Wildman–Crippen LogP) is 2.03. The van der Waals surface area contributed by atoms with E-state index in [4.69, 9.17) is 15.6 Å². The summed E-state index contributed by atoms with van der Waals surface area (Å²) in [5, 5.41) is 15.4. The van der Waals surface area contributed by atoms with Crippen LogP contribution in [0.4, 0.5) is 5.69 Å². The van der Waals surface area contributed by atoms with Crippen molar-refractivity contribution in [1.82, 2.24) is 0 Å². The average Bonchev–Trinajstić information content (AvgIpc) is 2.59. The average molecular weight is 201 g/mol. The highest BCUT2D eigenvalue weighted by Gasteiger charge is 2.21. The van der Waals surface area contributed by atoms with Gasteiger partial charge in [-0.3, -0.25) is 15.7 Å². The Morgan fingerprint density at radius 2 is 1.67 bits per heavy atom. The van der Waals surface area contributed by atoms with Crippen LogP contribution in [0.1, 0.15) is 0 Å². The fourth-order valence-corrected chi connectivity index (χ4v) is 1.51. The van der Waals surface area contributed by atoms with Crippen LogP contribution >= 0.6 is 0 Å². The number of ether oxygens (including phenoxy) is 1. The lowest BCUT2D eigenvalue weighted by molar-refractivity contribution is 0.416. The van der Waals surface area contributed by atoms with Crippen LogP contribution in [0.3, 0.4) is 0 Å². The molecule has 0 amide bonds. The van der Waals surface area contributed by atoms with Crippen molar-refractivity contribution in [2.75, 3.05) is 12.0 Å². The molecule has 0 fully saturated rings. The van der Waals surface area contributed by atoms with Crippen molar-refractivity contribution in [2.45, 2.75) is 0 Å². The van der Waals surface area contributed by atoms with Gasteiger partial charge in [-0.05, 0) is 24.3 Å². The molecular weight excluding hydrogens is 190 g/mol. The normalized spacial score (nSPS) is 14.9. The van der Waals surface area contributed by atoms with Gasteiger partial charge in [0.2, 0.25) is 0 Å². The Morgan fingerprint density at radius 3 is 2.27 bits per heavy atom. The summed E-state index contributed by atoms with van der Waals surface area (Å²) in [6, 6.07) is 7.36. The summed E-state index contributed by atoms with van der Waals surface area (Å²) in [7, 11) is 1.58. The number of nitrogens with one attached hydrogen (secondary N) is 2. The summed E-state index contributed by atoms with van der Waals surface area (Å²) in [6.07, 6.45) is 3.18. The van der Waals surface area contributed by atoms with Crippen LogP contribution in [0.25, 0.3) is 0 Å². The first-order chi connectivity index (χ1) is 7.24. The molecule has 1 heterocycles. The molecule has 0 saturated heterocycles. The molecule has 76 valence electrons. The van der Waals surface area contributed by atoms with Crippen LogP contribution in [0, 0.1) is 10.8 Å². The van der Waals surface area contributed by atoms with E-state index in [0.717, 1.165) is 5.69 Å². The maximum Gasteiger partial charge on any atom is 0.142 e. The maximum absolute atomic E-state index is 7.69. The van der Waals surface area contributed by atoms with E-state index in [2.05, 4.69) is 0 Å². The number of anilines is 1. The molecule has 0 radical (unpaired) electrons. The summed E-state index contributed by atoms with van der Waals surface area (Å²) in [5.41, 5.74) is 0.722. The molecule has 2 N–H and O–H groups in total. The van der Waals surface area contributed by atoms with E-state index in [1.54, 1.807) is 19.3 Å². The van der Waals surface area contributed by atoms with Crippen molar-refractivity contribution in [3.63, 3.8) is 0 Å². The minimum absolute atomic E-state index is 0.282. The van der Waals surface area contributed by atoms with Gasteiger partial charge in [-0.2, -0.15) is 0 Å². The van der Waals surface area contributed by atoms with Gasteiger partial charge in [-0.1, -0.05) is 12.1 Å². The smallest absolute Gasteiger partial charge is 0.142 e. The summed E-state index contributed by atoms with van der Waals surface area (Å²) in [6.45, 7) is 0. The van der Waals surface area contributed by atoms with Crippen LogP contribution in [-0.2, 0) is 0 Å². The lowest BCUT2D eigenvalue weighted by Gasteiger charge is -2.20. The molecule has 2 rings (SSSR count). The lowest BCUT2D eigenvalue weighted by Crippen LogP contribution is -2.28. The second kappa shape index (κ2) is 3.57. The number of nitrogens with zero attached hydrogens (tertiary/aromatic N) is 1. The minimum Gasteiger partial charge on any atom is -0.495 e. The first-order valence-electron chi connectivity index (χ1n) is 4.52. The van der Waals surface area contributed by atoms with Gasteiger partial charge in [0, 0.05) is 0 Å². The van der Waals surface area contributed by atoms with Gasteiger partial charge >= 0.3 is 0 Å². The Labute approximate surface area is 87.8 Å². The third-order valence-corrected chi connectivity index (χ3v) is 2.21. The van der Waals surface area contributed by atoms with Gasteiger partial charge in [-0.25, -0.2) is 0 Å². The number of hydrogen-bond acceptors (Lipinski definition) is 3. The SMILES string of the molecule is COc1ccccc1N1C(=N)C=CC1=N. The summed E-state index contributed by atoms with van der Waals surface area (Å²) in [4.78, 5) is 1.53. The number of methoxy groups -OCH3 is 1. The van der Waals surface area contributed by atoms with Crippen LogP contribution in [0.2, 0.25) is 0 Å². The van der Waals surface area contributed by atoms with Crippen LogP contribution < -0.4 is 9.64 Å². The largest absolute Gasteiger partial charge is 0.495 e. The molecule has 1 aliphatic heterocycles. The molecule has 0 bridgehead atoms. The molecule has 4 nitrogen and oxygen atoms in total. The van der Waals surface area contributed by atoms with Gasteiger partial charge in [0.05, 0.1) is 12.8 Å². The Hall–Kier alpha value is -2.10. The van der Waals surface area contributed by atoms with E-state index in [0.29, 0.717) is 5.75 Å². The quantitative estimate of drug-likeness (QED) is 0.769. The van der Waals surface area contributed by atoms with Gasteiger partial charge in [0.15, 0.2) is 0 Å². The molecule has 0 saturated carbocycles. The second-order valence-electron chi connectivity index (χ2n) is 3.11. The van der Waals surface area contributed by atoms with E-state index in [1.165, 1.54) is 4.90 Å². The summed E-state index contributed by atoms with van der Waals surface area (Å²) in [5.74, 6) is 1.23. The zero-order valence-electron chi connectivity index (χ0n) is 8.32. The monoisotopic (exact) mass is 201 g/mol. The highest BCUT2D eigenvalue weighted by Crippen LogP contribution is 2.29. The predicted molar refractivity (Wildman–Crippen MR) is 60.1 cm³/mol. The molecule has 0 aromatic heterocycles. The van der Waals surface area contributed by atoms with Gasteiger partial charge < -0.3 is 4.74 Å². The van der Waals surface area contributed by atoms with Crippen molar-refractivity contribution in [1.29, 1.82) is 10.8 Å². The number of para-hydroxylation sites is 2. The molecule has 1 aromatic rings. The topological polar surface area (TPSA) is 60.2 Å². The van der Waals surface area contributed by atoms with E-state index < -0.39 is 0 Å². The molecule has 15 heavy (non-hydrogen) atoms. The zero-order chi connectivity index (χ0) is 10.8. The van der Waals surface area contributed by atoms with Crippen molar-refractivity contribution in [3.8, 4) is 5.75 Å². The molecule has 1 aromatic carbocycles. The number of hydrogen-bond donors (Lipinski definition) is 2. The molecular formula is C11H11N3O. The maximum atomic E-state index is 7.69. The standard InChI is InChI=1S/C11H11N3O/c1-15-9-5-3-2-4-8(9)14-10(12)6-7-11(14)13/h2-7,12-13H,1H3. The summed E-state index contributed by atoms with van der Waals surface area (Å²) < 4.78 is 5.19. The zero-order valence-corrected chi connectivity index (χ0v) is 8.32. The van der Waals surface area contributed by atoms with Gasteiger partial charge in [0.25, 0.3) is 0 Å². The third kappa shape index (κ3) is 1.50. The van der Waals surface area contributed by atoms with Crippen LogP contribution in [0.15, 0.2) is 36.4 Å². The van der Waals surface area contributed by atoms with Crippen molar-refractivity contribution < 1.29 is 4.74 Å². The minimum atomic E-state index is 0.282. The van der Waals surface area contributed by atoms with Crippen molar-refractivity contribution >= 4 is 17.4 Å². The first kappa shape index (κ1) is 9.45. The van der Waals surface area contributed by atoms with E-state index in [9.17, 15) is 0 Å². The Bertz CT molecular complexity index is 433. The van der Waals surface area contributed by atoms with E-state index in [-0.39, 0.29) is 11.7 Å². The van der Waals surface area contributed by atoms with Gasteiger partial charge in [-0.15, -0.1) is 0 Å². The molecule has 0 spiro atoms. The van der Waals surface area contributed by atoms with Crippen LogP contribution in [-0.4, -0.2) is 18.8 Å². The van der Waals surface area contributed by atoms with E-state index in [1.807, 2.05) is 24.3 Å². The fraction of sp³-hybridized carbons (Fsp3) is 0.0909. The number of benzene rings is 1. The highest BCUT2D eigenvalue weighted by atomic mass is 16.5.